The molecule has 1 aliphatic heterocycles. The van der Waals surface area contributed by atoms with Crippen molar-refractivity contribution in [2.24, 2.45) is 0 Å². The Morgan fingerprint density at radius 1 is 1.38 bits per heavy atom. The van der Waals surface area contributed by atoms with Gasteiger partial charge in [0, 0.05) is 46.3 Å². The van der Waals surface area contributed by atoms with Gasteiger partial charge >= 0.3 is 0 Å². The zero-order chi connectivity index (χ0) is 14.8. The molecule has 2 rings (SSSR count). The number of nitrogens with one attached hydrogen (secondary N) is 1. The van der Waals surface area contributed by atoms with Crippen LogP contribution in [0.15, 0.2) is 29.2 Å². The third kappa shape index (κ3) is 4.40. The maximum atomic E-state index is 12.1. The van der Waals surface area contributed by atoms with Gasteiger partial charge in [0.25, 0.3) is 0 Å². The largest absolute Gasteiger partial charge is 0.314 e. The van der Waals surface area contributed by atoms with Crippen LogP contribution in [0.3, 0.4) is 0 Å². The van der Waals surface area contributed by atoms with E-state index in [-0.39, 0.29) is 12.4 Å². The third-order valence-corrected chi connectivity index (χ3v) is 5.51. The molecule has 0 saturated carbocycles. The van der Waals surface area contributed by atoms with Gasteiger partial charge in [-0.3, -0.25) is 4.90 Å². The van der Waals surface area contributed by atoms with Crippen LogP contribution in [0.1, 0.15) is 12.5 Å². The number of piperazine rings is 1. The summed E-state index contributed by atoms with van der Waals surface area (Å²) in [5.74, 6) is 0. The lowest BCUT2D eigenvalue weighted by molar-refractivity contribution is 0.165. The van der Waals surface area contributed by atoms with E-state index in [4.69, 9.17) is 0 Å². The molecule has 1 heterocycles. The molecule has 0 amide bonds. The van der Waals surface area contributed by atoms with Crippen molar-refractivity contribution in [1.82, 2.24) is 14.5 Å². The summed E-state index contributed by atoms with van der Waals surface area (Å²) in [6.07, 6.45) is 0. The van der Waals surface area contributed by atoms with Crippen molar-refractivity contribution in [2.45, 2.75) is 24.4 Å². The van der Waals surface area contributed by atoms with Crippen molar-refractivity contribution in [1.29, 1.82) is 0 Å². The standard InChI is InChI=1S/C14H23N3O2S.ClH/c1-12-10-15-7-8-17(12)11-13-5-4-6-14(9-13)20(18,19)16(2)3;/h4-6,9,12,15H,7-8,10-11H2,1-3H3;1H. The molecule has 1 N–H and O–H groups in total. The molecule has 1 aromatic carbocycles. The van der Waals surface area contributed by atoms with Crippen molar-refractivity contribution in [3.05, 3.63) is 29.8 Å². The zero-order valence-corrected chi connectivity index (χ0v) is 14.4. The van der Waals surface area contributed by atoms with Gasteiger partial charge in [0.15, 0.2) is 0 Å². The summed E-state index contributed by atoms with van der Waals surface area (Å²) in [4.78, 5) is 2.74. The molecule has 0 aliphatic carbocycles. The molecule has 0 aromatic heterocycles. The summed E-state index contributed by atoms with van der Waals surface area (Å²) in [5.41, 5.74) is 1.04. The molecule has 0 bridgehead atoms. The summed E-state index contributed by atoms with van der Waals surface area (Å²) in [5, 5.41) is 3.36. The van der Waals surface area contributed by atoms with Gasteiger partial charge in [0.1, 0.15) is 0 Å². The van der Waals surface area contributed by atoms with Crippen LogP contribution in [0.2, 0.25) is 0 Å². The maximum absolute atomic E-state index is 12.1. The van der Waals surface area contributed by atoms with Crippen molar-refractivity contribution in [3.63, 3.8) is 0 Å². The average Bonchev–Trinajstić information content (AvgIpc) is 2.41. The minimum absolute atomic E-state index is 0. The third-order valence-electron chi connectivity index (χ3n) is 3.70. The van der Waals surface area contributed by atoms with E-state index >= 15 is 0 Å². The maximum Gasteiger partial charge on any atom is 0.242 e. The van der Waals surface area contributed by atoms with Crippen LogP contribution >= 0.6 is 12.4 Å². The second kappa shape index (κ2) is 7.56. The Hall–Kier alpha value is -0.660. The quantitative estimate of drug-likeness (QED) is 0.898. The Morgan fingerprint density at radius 3 is 2.71 bits per heavy atom. The molecule has 1 unspecified atom stereocenters. The van der Waals surface area contributed by atoms with Crippen molar-refractivity contribution in [3.8, 4) is 0 Å². The molecular weight excluding hydrogens is 310 g/mol. The van der Waals surface area contributed by atoms with E-state index in [9.17, 15) is 8.42 Å². The van der Waals surface area contributed by atoms with Crippen molar-refractivity contribution in [2.75, 3.05) is 33.7 Å². The molecule has 0 spiro atoms. The highest BCUT2D eigenvalue weighted by atomic mass is 35.5. The van der Waals surface area contributed by atoms with Gasteiger partial charge in [-0.05, 0) is 24.6 Å². The van der Waals surface area contributed by atoms with Crippen LogP contribution in [-0.2, 0) is 16.6 Å². The number of halogens is 1. The first-order valence-electron chi connectivity index (χ1n) is 6.87. The lowest BCUT2D eigenvalue weighted by Crippen LogP contribution is -2.49. The van der Waals surface area contributed by atoms with Gasteiger partial charge < -0.3 is 5.32 Å². The Morgan fingerprint density at radius 2 is 2.10 bits per heavy atom. The second-order valence-electron chi connectivity index (χ2n) is 5.46. The van der Waals surface area contributed by atoms with Crippen LogP contribution in [0.25, 0.3) is 0 Å². The van der Waals surface area contributed by atoms with Gasteiger partial charge in [0.05, 0.1) is 4.90 Å². The Labute approximate surface area is 133 Å². The average molecular weight is 334 g/mol. The van der Waals surface area contributed by atoms with E-state index in [1.54, 1.807) is 26.2 Å². The molecule has 1 saturated heterocycles. The van der Waals surface area contributed by atoms with Crippen LogP contribution in [0, 0.1) is 0 Å². The normalized spacial score (nSPS) is 20.3. The van der Waals surface area contributed by atoms with Crippen molar-refractivity contribution < 1.29 is 8.42 Å². The zero-order valence-electron chi connectivity index (χ0n) is 12.7. The summed E-state index contributed by atoms with van der Waals surface area (Å²) >= 11 is 0. The number of hydrogen-bond acceptors (Lipinski definition) is 4. The highest BCUT2D eigenvalue weighted by Crippen LogP contribution is 2.17. The topological polar surface area (TPSA) is 52.7 Å². The predicted octanol–water partition coefficient (Wildman–Crippen LogP) is 1.15. The number of nitrogens with zero attached hydrogens (tertiary/aromatic N) is 2. The minimum Gasteiger partial charge on any atom is -0.314 e. The molecule has 1 aliphatic rings. The highest BCUT2D eigenvalue weighted by Gasteiger charge is 2.20. The minimum atomic E-state index is -3.35. The van der Waals surface area contributed by atoms with Crippen LogP contribution < -0.4 is 5.32 Å². The van der Waals surface area contributed by atoms with E-state index in [2.05, 4.69) is 17.1 Å². The SMILES string of the molecule is CC1CNCCN1Cc1cccc(S(=O)(=O)N(C)C)c1.Cl. The molecule has 7 heteroatoms. The molecule has 5 nitrogen and oxygen atoms in total. The first kappa shape index (κ1) is 18.4. The fourth-order valence-electron chi connectivity index (χ4n) is 2.37. The smallest absolute Gasteiger partial charge is 0.242 e. The summed E-state index contributed by atoms with van der Waals surface area (Å²) in [6, 6.07) is 7.71. The van der Waals surface area contributed by atoms with Gasteiger partial charge in [0.2, 0.25) is 10.0 Å². The molecule has 0 radical (unpaired) electrons. The molecular formula is C14H24ClN3O2S. The highest BCUT2D eigenvalue weighted by molar-refractivity contribution is 7.89. The molecule has 1 fully saturated rings. The second-order valence-corrected chi connectivity index (χ2v) is 7.61. The molecule has 1 atom stereocenters. The van der Waals surface area contributed by atoms with Gasteiger partial charge in [-0.2, -0.15) is 0 Å². The van der Waals surface area contributed by atoms with E-state index in [0.717, 1.165) is 31.7 Å². The van der Waals surface area contributed by atoms with Crippen LogP contribution in [0.5, 0.6) is 0 Å². The fraction of sp³-hybridized carbons (Fsp3) is 0.571. The number of sulfonamides is 1. The Balaban J connectivity index is 0.00000220. The number of rotatable bonds is 4. The van der Waals surface area contributed by atoms with Gasteiger partial charge in [-0.15, -0.1) is 12.4 Å². The van der Waals surface area contributed by atoms with Crippen molar-refractivity contribution >= 4 is 22.4 Å². The monoisotopic (exact) mass is 333 g/mol. The fourth-order valence-corrected chi connectivity index (χ4v) is 3.34. The molecule has 1 aromatic rings. The predicted molar refractivity (Wildman–Crippen MR) is 87.3 cm³/mol. The molecule has 120 valence electrons. The van der Waals surface area contributed by atoms with E-state index in [1.807, 2.05) is 12.1 Å². The summed E-state index contributed by atoms with van der Waals surface area (Å²) in [7, 11) is -0.239. The summed E-state index contributed by atoms with van der Waals surface area (Å²) < 4.78 is 25.5. The first-order chi connectivity index (χ1) is 9.41. The van der Waals surface area contributed by atoms with E-state index in [1.165, 1.54) is 4.31 Å². The van der Waals surface area contributed by atoms with Crippen LogP contribution in [-0.4, -0.2) is 57.4 Å². The Kier molecular flexibility index (Phi) is 6.62. The number of hydrogen-bond donors (Lipinski definition) is 1. The lowest BCUT2D eigenvalue weighted by Gasteiger charge is -2.34. The Bertz CT molecular complexity index is 563. The number of benzene rings is 1. The van der Waals surface area contributed by atoms with E-state index < -0.39 is 10.0 Å². The lowest BCUT2D eigenvalue weighted by atomic mass is 10.1. The summed E-state index contributed by atoms with van der Waals surface area (Å²) in [6.45, 7) is 5.94. The van der Waals surface area contributed by atoms with Gasteiger partial charge in [-0.1, -0.05) is 12.1 Å². The van der Waals surface area contributed by atoms with Crippen LogP contribution in [0.4, 0.5) is 0 Å². The first-order valence-corrected chi connectivity index (χ1v) is 8.31. The van der Waals surface area contributed by atoms with E-state index in [0.29, 0.717) is 10.9 Å². The molecule has 21 heavy (non-hydrogen) atoms. The van der Waals surface area contributed by atoms with Gasteiger partial charge in [-0.25, -0.2) is 12.7 Å².